The molecule has 0 spiro atoms. The molecule has 1 saturated heterocycles. The third-order valence-corrected chi connectivity index (χ3v) is 6.82. The van der Waals surface area contributed by atoms with Gasteiger partial charge in [0.15, 0.2) is 0 Å². The van der Waals surface area contributed by atoms with Crippen molar-refractivity contribution in [1.82, 2.24) is 4.31 Å². The number of primary amides is 1. The summed E-state index contributed by atoms with van der Waals surface area (Å²) in [5, 5.41) is 0. The van der Waals surface area contributed by atoms with Crippen LogP contribution in [0.3, 0.4) is 0 Å². The fraction of sp³-hybridized carbons (Fsp3) is 0.500. The van der Waals surface area contributed by atoms with E-state index in [1.807, 2.05) is 6.08 Å². The number of benzene rings is 1. The Morgan fingerprint density at radius 3 is 2.14 bits per heavy atom. The van der Waals surface area contributed by atoms with E-state index in [9.17, 15) is 26.4 Å². The molecular formula is C18H21F3N2O4S. The largest absolute Gasteiger partial charge is 0.573 e. The highest BCUT2D eigenvalue weighted by atomic mass is 32.2. The van der Waals surface area contributed by atoms with E-state index >= 15 is 0 Å². The second-order valence-electron chi connectivity index (χ2n) is 7.02. The number of piperidine rings is 1. The molecule has 1 aliphatic heterocycles. The van der Waals surface area contributed by atoms with Crippen LogP contribution in [0.4, 0.5) is 13.2 Å². The summed E-state index contributed by atoms with van der Waals surface area (Å²) >= 11 is 0. The van der Waals surface area contributed by atoms with Crippen LogP contribution in [0.1, 0.15) is 25.7 Å². The van der Waals surface area contributed by atoms with Gasteiger partial charge in [-0.1, -0.05) is 6.08 Å². The molecule has 1 aromatic carbocycles. The van der Waals surface area contributed by atoms with Crippen molar-refractivity contribution in [2.45, 2.75) is 36.9 Å². The Morgan fingerprint density at radius 1 is 1.11 bits per heavy atom. The van der Waals surface area contributed by atoms with Gasteiger partial charge in [0, 0.05) is 18.7 Å². The van der Waals surface area contributed by atoms with E-state index in [0.29, 0.717) is 18.4 Å². The molecule has 1 amide bonds. The van der Waals surface area contributed by atoms with Gasteiger partial charge in [0.05, 0.1) is 4.90 Å². The first-order chi connectivity index (χ1) is 13.1. The summed E-state index contributed by atoms with van der Waals surface area (Å²) < 4.78 is 67.1. The lowest BCUT2D eigenvalue weighted by molar-refractivity contribution is -0.274. The number of carbonyl (C=O) groups excluding carboxylic acids is 1. The lowest BCUT2D eigenvalue weighted by Crippen LogP contribution is -2.38. The topological polar surface area (TPSA) is 89.7 Å². The monoisotopic (exact) mass is 418 g/mol. The summed E-state index contributed by atoms with van der Waals surface area (Å²) in [6.07, 6.45) is 0.0648. The van der Waals surface area contributed by atoms with Crippen molar-refractivity contribution < 1.29 is 31.1 Å². The predicted molar refractivity (Wildman–Crippen MR) is 94.6 cm³/mol. The number of ether oxygens (including phenoxy) is 1. The first-order valence-corrected chi connectivity index (χ1v) is 10.4. The highest BCUT2D eigenvalue weighted by Crippen LogP contribution is 2.38. The van der Waals surface area contributed by atoms with E-state index in [1.54, 1.807) is 0 Å². The number of hydrogen-bond acceptors (Lipinski definition) is 4. The molecule has 0 unspecified atom stereocenters. The van der Waals surface area contributed by atoms with Crippen LogP contribution in [0.2, 0.25) is 0 Å². The highest BCUT2D eigenvalue weighted by molar-refractivity contribution is 7.89. The molecule has 1 heterocycles. The molecule has 0 aromatic heterocycles. The Bertz CT molecular complexity index is 854. The number of nitrogens with zero attached hydrogens (tertiary/aromatic N) is 1. The Hall–Kier alpha value is -2.07. The molecular weight excluding hydrogens is 397 g/mol. The molecule has 1 saturated carbocycles. The molecule has 2 fully saturated rings. The Labute approximate surface area is 161 Å². The third kappa shape index (κ3) is 5.05. The molecule has 6 nitrogen and oxygen atoms in total. The van der Waals surface area contributed by atoms with E-state index in [0.717, 1.165) is 37.1 Å². The number of allylic oxidation sites excluding steroid dienone is 1. The average Bonchev–Trinajstić information content (AvgIpc) is 3.44. The maximum atomic E-state index is 12.7. The second kappa shape index (κ2) is 7.75. The highest BCUT2D eigenvalue weighted by Gasteiger charge is 2.33. The fourth-order valence-electron chi connectivity index (χ4n) is 3.31. The number of hydrogen-bond donors (Lipinski definition) is 1. The van der Waals surface area contributed by atoms with Gasteiger partial charge in [-0.25, -0.2) is 8.42 Å². The van der Waals surface area contributed by atoms with Crippen LogP contribution in [-0.4, -0.2) is 38.1 Å². The van der Waals surface area contributed by atoms with Crippen molar-refractivity contribution in [3.8, 4) is 5.75 Å². The van der Waals surface area contributed by atoms with Crippen LogP contribution in [0.25, 0.3) is 0 Å². The van der Waals surface area contributed by atoms with Crippen molar-refractivity contribution in [2.24, 2.45) is 17.6 Å². The maximum absolute atomic E-state index is 12.7. The van der Waals surface area contributed by atoms with Gasteiger partial charge in [0.1, 0.15) is 5.75 Å². The number of rotatable bonds is 6. The standard InChI is InChI=1S/C18H21F3N2O4S/c19-18(20,21)27-14-3-5-15(6-4-14)28(25,26)23-9-7-12(8-10-23)11-16(17(22)24)13-1-2-13/h3-6,11-13H,1-2,7-10H2,(H2,22,24). The second-order valence-corrected chi connectivity index (χ2v) is 8.96. The maximum Gasteiger partial charge on any atom is 0.573 e. The van der Waals surface area contributed by atoms with Gasteiger partial charge in [0.2, 0.25) is 15.9 Å². The Kier molecular flexibility index (Phi) is 5.72. The van der Waals surface area contributed by atoms with Gasteiger partial charge in [-0.05, 0) is 61.8 Å². The Morgan fingerprint density at radius 2 is 1.68 bits per heavy atom. The zero-order chi connectivity index (χ0) is 20.5. The molecule has 154 valence electrons. The first kappa shape index (κ1) is 20.7. The van der Waals surface area contributed by atoms with Gasteiger partial charge >= 0.3 is 6.36 Å². The van der Waals surface area contributed by atoms with E-state index in [2.05, 4.69) is 4.74 Å². The van der Waals surface area contributed by atoms with Crippen LogP contribution >= 0.6 is 0 Å². The molecule has 0 atom stereocenters. The molecule has 28 heavy (non-hydrogen) atoms. The number of amides is 1. The number of carbonyl (C=O) groups is 1. The van der Waals surface area contributed by atoms with E-state index in [1.165, 1.54) is 4.31 Å². The molecule has 3 rings (SSSR count). The minimum absolute atomic E-state index is 0.0807. The number of halogens is 3. The van der Waals surface area contributed by atoms with E-state index in [4.69, 9.17) is 5.73 Å². The summed E-state index contributed by atoms with van der Waals surface area (Å²) in [4.78, 5) is 11.5. The van der Waals surface area contributed by atoms with E-state index < -0.39 is 28.0 Å². The number of alkyl halides is 3. The van der Waals surface area contributed by atoms with Crippen LogP contribution in [0.5, 0.6) is 5.75 Å². The summed E-state index contributed by atoms with van der Waals surface area (Å²) in [6.45, 7) is 0.530. The van der Waals surface area contributed by atoms with Crippen molar-refractivity contribution >= 4 is 15.9 Å². The van der Waals surface area contributed by atoms with Gasteiger partial charge < -0.3 is 10.5 Å². The molecule has 2 N–H and O–H groups in total. The number of sulfonamides is 1. The zero-order valence-electron chi connectivity index (χ0n) is 15.0. The summed E-state index contributed by atoms with van der Waals surface area (Å²) in [7, 11) is -3.81. The van der Waals surface area contributed by atoms with E-state index in [-0.39, 0.29) is 29.8 Å². The smallest absolute Gasteiger partial charge is 0.406 e. The van der Waals surface area contributed by atoms with Gasteiger partial charge in [-0.15, -0.1) is 13.2 Å². The molecule has 0 bridgehead atoms. The molecule has 10 heteroatoms. The lowest BCUT2D eigenvalue weighted by Gasteiger charge is -2.30. The number of nitrogens with two attached hydrogens (primary N) is 1. The first-order valence-electron chi connectivity index (χ1n) is 8.94. The minimum atomic E-state index is -4.83. The van der Waals surface area contributed by atoms with Crippen LogP contribution in [-0.2, 0) is 14.8 Å². The summed E-state index contributed by atoms with van der Waals surface area (Å²) in [5.74, 6) is -0.582. The predicted octanol–water partition coefficient (Wildman–Crippen LogP) is 2.81. The summed E-state index contributed by atoms with van der Waals surface area (Å²) in [6, 6.07) is 4.15. The van der Waals surface area contributed by atoms with Gasteiger partial charge in [-0.3, -0.25) is 4.79 Å². The molecule has 0 radical (unpaired) electrons. The van der Waals surface area contributed by atoms with Crippen LogP contribution in [0, 0.1) is 11.8 Å². The minimum Gasteiger partial charge on any atom is -0.406 e. The van der Waals surface area contributed by atoms with Crippen molar-refractivity contribution in [1.29, 1.82) is 0 Å². The molecule has 2 aliphatic rings. The van der Waals surface area contributed by atoms with Crippen molar-refractivity contribution in [2.75, 3.05) is 13.1 Å². The Balaban J connectivity index is 1.64. The van der Waals surface area contributed by atoms with Crippen LogP contribution in [0.15, 0.2) is 40.8 Å². The van der Waals surface area contributed by atoms with Gasteiger partial charge in [-0.2, -0.15) is 4.31 Å². The lowest BCUT2D eigenvalue weighted by atomic mass is 9.94. The quantitative estimate of drug-likeness (QED) is 0.720. The van der Waals surface area contributed by atoms with Crippen molar-refractivity contribution in [3.05, 3.63) is 35.9 Å². The fourth-order valence-corrected chi connectivity index (χ4v) is 4.78. The molecule has 1 aliphatic carbocycles. The normalized spacial score (nSPS) is 20.2. The average molecular weight is 418 g/mol. The third-order valence-electron chi connectivity index (χ3n) is 4.91. The van der Waals surface area contributed by atoms with Gasteiger partial charge in [0.25, 0.3) is 0 Å². The zero-order valence-corrected chi connectivity index (χ0v) is 15.8. The van der Waals surface area contributed by atoms with Crippen molar-refractivity contribution in [3.63, 3.8) is 0 Å². The van der Waals surface area contributed by atoms with Crippen LogP contribution < -0.4 is 10.5 Å². The molecule has 1 aromatic rings. The SMILES string of the molecule is NC(=O)C(=CC1CCN(S(=O)(=O)c2ccc(OC(F)(F)F)cc2)CC1)C1CC1. The summed E-state index contributed by atoms with van der Waals surface area (Å²) in [5.41, 5.74) is 6.06.